The maximum Gasteiger partial charge on any atom is 0.253 e. The molecule has 0 saturated carbocycles. The van der Waals surface area contributed by atoms with E-state index in [0.717, 1.165) is 47.7 Å². The quantitative estimate of drug-likeness (QED) is 0.391. The molecule has 9 nitrogen and oxygen atoms in total. The smallest absolute Gasteiger partial charge is 0.253 e. The van der Waals surface area contributed by atoms with Gasteiger partial charge in [-0.05, 0) is 30.2 Å². The standard InChI is InChI=1S/C25H27N7O2/c1-31(19-10-12-32(14-19)24-20-9-11-26-23(20)28-16-29-24)22-8-7-18(13-27-22)25(34)30-21(15-33)17-5-3-2-4-6-17/h2-9,11,13,16,19,21,33H,10,12,14-15H2,1H3,(H,30,34)(H,26,28,29)/t19-,21?/m1/s1. The molecule has 1 unspecified atom stereocenters. The second-order valence-electron chi connectivity index (χ2n) is 8.46. The van der Waals surface area contributed by atoms with Crippen molar-refractivity contribution in [3.8, 4) is 0 Å². The van der Waals surface area contributed by atoms with Crippen molar-refractivity contribution in [2.45, 2.75) is 18.5 Å². The number of aromatic amines is 1. The number of hydrogen-bond acceptors (Lipinski definition) is 7. The second-order valence-corrected chi connectivity index (χ2v) is 8.46. The Kier molecular flexibility index (Phi) is 6.09. The highest BCUT2D eigenvalue weighted by molar-refractivity contribution is 5.94. The van der Waals surface area contributed by atoms with Gasteiger partial charge in [0.25, 0.3) is 5.91 Å². The van der Waals surface area contributed by atoms with E-state index < -0.39 is 6.04 Å². The van der Waals surface area contributed by atoms with E-state index in [1.54, 1.807) is 18.6 Å². The summed E-state index contributed by atoms with van der Waals surface area (Å²) in [7, 11) is 2.03. The zero-order valence-corrected chi connectivity index (χ0v) is 18.9. The van der Waals surface area contributed by atoms with E-state index in [4.69, 9.17) is 0 Å². The molecule has 9 heteroatoms. The number of aliphatic hydroxyl groups is 1. The van der Waals surface area contributed by atoms with Crippen LogP contribution < -0.4 is 15.1 Å². The van der Waals surface area contributed by atoms with E-state index in [9.17, 15) is 9.90 Å². The Labute approximate surface area is 197 Å². The minimum atomic E-state index is -0.464. The largest absolute Gasteiger partial charge is 0.394 e. The zero-order chi connectivity index (χ0) is 23.5. The van der Waals surface area contributed by atoms with Crippen LogP contribution in [0.5, 0.6) is 0 Å². The van der Waals surface area contributed by atoms with Crippen LogP contribution in [-0.4, -0.2) is 63.7 Å². The molecule has 174 valence electrons. The fourth-order valence-corrected chi connectivity index (χ4v) is 4.44. The monoisotopic (exact) mass is 457 g/mol. The Morgan fingerprint density at radius 3 is 2.82 bits per heavy atom. The third-order valence-corrected chi connectivity index (χ3v) is 6.40. The number of nitrogens with one attached hydrogen (secondary N) is 2. The van der Waals surface area contributed by atoms with Crippen LogP contribution in [-0.2, 0) is 0 Å². The Bertz CT molecular complexity index is 1260. The van der Waals surface area contributed by atoms with Gasteiger partial charge in [0.1, 0.15) is 23.6 Å². The second kappa shape index (κ2) is 9.48. The van der Waals surface area contributed by atoms with Crippen molar-refractivity contribution in [1.29, 1.82) is 0 Å². The molecule has 0 aliphatic carbocycles. The highest BCUT2D eigenvalue weighted by Crippen LogP contribution is 2.28. The lowest BCUT2D eigenvalue weighted by molar-refractivity contribution is 0.0916. The number of fused-ring (bicyclic) bond motifs is 1. The Balaban J connectivity index is 1.24. The van der Waals surface area contributed by atoms with E-state index in [0.29, 0.717) is 5.56 Å². The number of aliphatic hydroxyl groups excluding tert-OH is 1. The van der Waals surface area contributed by atoms with Crippen molar-refractivity contribution >= 4 is 28.6 Å². The van der Waals surface area contributed by atoms with Gasteiger partial charge in [0, 0.05) is 38.6 Å². The first-order valence-electron chi connectivity index (χ1n) is 11.3. The number of pyridine rings is 1. The number of H-pyrrole nitrogens is 1. The van der Waals surface area contributed by atoms with Crippen molar-refractivity contribution in [1.82, 2.24) is 25.3 Å². The SMILES string of the molecule is CN(c1ccc(C(=O)NC(CO)c2ccccc2)cn1)[C@@H]1CCN(c2ncnc3[nH]ccc23)C1. The van der Waals surface area contributed by atoms with E-state index in [2.05, 4.69) is 35.1 Å². The molecular formula is C25H27N7O2. The number of rotatable bonds is 7. The van der Waals surface area contributed by atoms with Crippen molar-refractivity contribution in [3.63, 3.8) is 0 Å². The first kappa shape index (κ1) is 21.8. The van der Waals surface area contributed by atoms with Crippen LogP contribution in [0.15, 0.2) is 67.3 Å². The number of aromatic nitrogens is 4. The van der Waals surface area contributed by atoms with Gasteiger partial charge in [-0.3, -0.25) is 4.79 Å². The molecule has 1 saturated heterocycles. The Hall–Kier alpha value is -3.98. The van der Waals surface area contributed by atoms with E-state index in [1.807, 2.05) is 55.7 Å². The molecule has 3 N–H and O–H groups in total. The summed E-state index contributed by atoms with van der Waals surface area (Å²) in [5.41, 5.74) is 2.15. The molecule has 1 aliphatic heterocycles. The van der Waals surface area contributed by atoms with Crippen LogP contribution in [0.2, 0.25) is 0 Å². The number of hydrogen-bond donors (Lipinski definition) is 3. The molecule has 1 fully saturated rings. The molecule has 1 aliphatic rings. The van der Waals surface area contributed by atoms with E-state index in [-0.39, 0.29) is 18.6 Å². The first-order chi connectivity index (χ1) is 16.6. The van der Waals surface area contributed by atoms with E-state index in [1.165, 1.54) is 0 Å². The summed E-state index contributed by atoms with van der Waals surface area (Å²) in [6, 6.07) is 14.9. The Morgan fingerprint density at radius 2 is 2.06 bits per heavy atom. The maximum absolute atomic E-state index is 12.7. The summed E-state index contributed by atoms with van der Waals surface area (Å²) in [6.07, 6.45) is 6.04. The van der Waals surface area contributed by atoms with Crippen LogP contribution in [0.4, 0.5) is 11.6 Å². The summed E-state index contributed by atoms with van der Waals surface area (Å²) < 4.78 is 0. The summed E-state index contributed by atoms with van der Waals surface area (Å²) in [5.74, 6) is 1.48. The average molecular weight is 458 g/mol. The Morgan fingerprint density at radius 1 is 1.21 bits per heavy atom. The lowest BCUT2D eigenvalue weighted by Gasteiger charge is -2.26. The lowest BCUT2D eigenvalue weighted by atomic mass is 10.1. The third kappa shape index (κ3) is 4.29. The van der Waals surface area contributed by atoms with Gasteiger partial charge in [0.2, 0.25) is 0 Å². The van der Waals surface area contributed by atoms with Crippen LogP contribution in [0.1, 0.15) is 28.4 Å². The number of likely N-dealkylation sites (N-methyl/N-ethyl adjacent to an activating group) is 1. The van der Waals surface area contributed by atoms with E-state index >= 15 is 0 Å². The predicted molar refractivity (Wildman–Crippen MR) is 131 cm³/mol. The van der Waals surface area contributed by atoms with Gasteiger partial charge < -0.3 is 25.2 Å². The molecule has 5 rings (SSSR count). The third-order valence-electron chi connectivity index (χ3n) is 6.40. The molecule has 34 heavy (non-hydrogen) atoms. The zero-order valence-electron chi connectivity index (χ0n) is 18.9. The van der Waals surface area contributed by atoms with Crippen LogP contribution >= 0.6 is 0 Å². The molecule has 4 aromatic rings. The highest BCUT2D eigenvalue weighted by atomic mass is 16.3. The molecule has 0 bridgehead atoms. The highest BCUT2D eigenvalue weighted by Gasteiger charge is 2.28. The van der Waals surface area contributed by atoms with Crippen molar-refractivity contribution in [2.24, 2.45) is 0 Å². The fraction of sp³-hybridized carbons (Fsp3) is 0.280. The van der Waals surface area contributed by atoms with Gasteiger partial charge in [-0.25, -0.2) is 15.0 Å². The van der Waals surface area contributed by atoms with Gasteiger partial charge in [-0.1, -0.05) is 30.3 Å². The number of anilines is 2. The number of nitrogens with zero attached hydrogens (tertiary/aromatic N) is 5. The van der Waals surface area contributed by atoms with Crippen LogP contribution in [0.25, 0.3) is 11.0 Å². The van der Waals surface area contributed by atoms with Gasteiger partial charge >= 0.3 is 0 Å². The van der Waals surface area contributed by atoms with Crippen molar-refractivity contribution in [3.05, 3.63) is 78.4 Å². The molecule has 1 amide bonds. The lowest BCUT2D eigenvalue weighted by Crippen LogP contribution is -2.35. The first-order valence-corrected chi connectivity index (χ1v) is 11.3. The van der Waals surface area contributed by atoms with Gasteiger partial charge in [0.15, 0.2) is 0 Å². The molecular weight excluding hydrogens is 430 g/mol. The normalized spacial score (nSPS) is 16.5. The maximum atomic E-state index is 12.7. The predicted octanol–water partition coefficient (Wildman–Crippen LogP) is 2.53. The molecule has 0 spiro atoms. The molecule has 2 atom stereocenters. The van der Waals surface area contributed by atoms with Crippen LogP contribution in [0, 0.1) is 0 Å². The number of carbonyl (C=O) groups excluding carboxylic acids is 1. The van der Waals surface area contributed by atoms with Gasteiger partial charge in [-0.15, -0.1) is 0 Å². The number of benzene rings is 1. The molecule has 4 heterocycles. The molecule has 1 aromatic carbocycles. The van der Waals surface area contributed by atoms with Crippen molar-refractivity contribution < 1.29 is 9.90 Å². The molecule has 0 radical (unpaired) electrons. The van der Waals surface area contributed by atoms with Crippen molar-refractivity contribution in [2.75, 3.05) is 36.5 Å². The summed E-state index contributed by atoms with van der Waals surface area (Å²) in [5, 5.41) is 13.6. The average Bonchev–Trinajstić information content (AvgIpc) is 3.57. The fourth-order valence-electron chi connectivity index (χ4n) is 4.44. The summed E-state index contributed by atoms with van der Waals surface area (Å²) >= 11 is 0. The minimum Gasteiger partial charge on any atom is -0.394 e. The van der Waals surface area contributed by atoms with Gasteiger partial charge in [-0.2, -0.15) is 0 Å². The number of amides is 1. The number of carbonyl (C=O) groups is 1. The molecule has 3 aromatic heterocycles. The topological polar surface area (TPSA) is 110 Å². The summed E-state index contributed by atoms with van der Waals surface area (Å²) in [6.45, 7) is 1.55. The minimum absolute atomic E-state index is 0.177. The van der Waals surface area contributed by atoms with Crippen LogP contribution in [0.3, 0.4) is 0 Å². The summed E-state index contributed by atoms with van der Waals surface area (Å²) in [4.78, 5) is 33.6. The van der Waals surface area contributed by atoms with Gasteiger partial charge in [0.05, 0.1) is 23.6 Å².